The number of carbonyl (C=O) groups is 2. The van der Waals surface area contributed by atoms with Gasteiger partial charge >= 0.3 is 0 Å². The van der Waals surface area contributed by atoms with E-state index in [0.29, 0.717) is 17.7 Å². The van der Waals surface area contributed by atoms with E-state index in [9.17, 15) is 9.59 Å². The van der Waals surface area contributed by atoms with Crippen LogP contribution in [-0.2, 0) is 0 Å². The van der Waals surface area contributed by atoms with Crippen LogP contribution in [0.15, 0.2) is 36.4 Å². The number of rotatable bonds is 6. The van der Waals surface area contributed by atoms with E-state index in [-0.39, 0.29) is 11.8 Å². The second-order valence-electron chi connectivity index (χ2n) is 5.89. The van der Waals surface area contributed by atoms with Crippen molar-refractivity contribution in [3.63, 3.8) is 0 Å². The molecule has 2 aromatic carbocycles. The van der Waals surface area contributed by atoms with E-state index in [0.717, 1.165) is 23.6 Å². The molecule has 0 atom stereocenters. The van der Waals surface area contributed by atoms with Gasteiger partial charge in [0, 0.05) is 23.1 Å². The van der Waals surface area contributed by atoms with Gasteiger partial charge in [-0.1, -0.05) is 70.7 Å². The average molecular weight is 325 g/mol. The summed E-state index contributed by atoms with van der Waals surface area (Å²) in [7, 11) is 0. The highest BCUT2D eigenvalue weighted by Gasteiger charge is 2.31. The van der Waals surface area contributed by atoms with Gasteiger partial charge in [-0.15, -0.1) is 0 Å². The van der Waals surface area contributed by atoms with Gasteiger partial charge < -0.3 is 0 Å². The molecule has 128 valence electrons. The number of nitrogens with zero attached hydrogens (tertiary/aromatic N) is 1. The van der Waals surface area contributed by atoms with Crippen molar-refractivity contribution in [2.24, 2.45) is 0 Å². The highest BCUT2D eigenvalue weighted by atomic mass is 16.2. The molecule has 0 saturated heterocycles. The first-order chi connectivity index (χ1) is 11.7. The van der Waals surface area contributed by atoms with Crippen LogP contribution >= 0.6 is 0 Å². The molecule has 1 aliphatic rings. The number of imide groups is 1. The fourth-order valence-corrected chi connectivity index (χ4v) is 3.16. The van der Waals surface area contributed by atoms with E-state index in [1.165, 1.54) is 24.2 Å². The van der Waals surface area contributed by atoms with Crippen LogP contribution < -0.4 is 0 Å². The van der Waals surface area contributed by atoms with Crippen molar-refractivity contribution in [2.45, 2.75) is 52.9 Å². The molecule has 2 amide bonds. The highest BCUT2D eigenvalue weighted by molar-refractivity contribution is 6.25. The zero-order chi connectivity index (χ0) is 17.5. The van der Waals surface area contributed by atoms with Crippen LogP contribution in [0, 0.1) is 0 Å². The largest absolute Gasteiger partial charge is 0.274 e. The molecule has 3 nitrogen and oxygen atoms in total. The third kappa shape index (κ3) is 3.50. The van der Waals surface area contributed by atoms with Crippen molar-refractivity contribution in [1.29, 1.82) is 0 Å². The Labute approximate surface area is 144 Å². The van der Waals surface area contributed by atoms with Crippen LogP contribution in [-0.4, -0.2) is 23.3 Å². The molecule has 0 unspecified atom stereocenters. The number of unbranched alkanes of at least 4 members (excludes halogenated alkanes) is 4. The summed E-state index contributed by atoms with van der Waals surface area (Å²) in [5.41, 5.74) is 1.31. The minimum absolute atomic E-state index is 0.148. The van der Waals surface area contributed by atoms with Crippen molar-refractivity contribution in [2.75, 3.05) is 6.54 Å². The van der Waals surface area contributed by atoms with E-state index in [1.54, 1.807) is 0 Å². The van der Waals surface area contributed by atoms with E-state index in [4.69, 9.17) is 0 Å². The third-order valence-electron chi connectivity index (χ3n) is 4.34. The molecular weight excluding hydrogens is 298 g/mol. The SMILES string of the molecule is CC.CCCCCCCN1C(=O)c2cccc3cccc(c23)C1=O. The molecule has 24 heavy (non-hydrogen) atoms. The number of amides is 2. The first kappa shape index (κ1) is 18.2. The Kier molecular flexibility index (Phi) is 6.53. The van der Waals surface area contributed by atoms with Gasteiger partial charge in [0.25, 0.3) is 11.8 Å². The fraction of sp³-hybridized carbons (Fsp3) is 0.429. The monoisotopic (exact) mass is 325 g/mol. The molecule has 2 aromatic rings. The van der Waals surface area contributed by atoms with Gasteiger partial charge in [-0.25, -0.2) is 0 Å². The van der Waals surface area contributed by atoms with E-state index in [2.05, 4.69) is 6.92 Å². The molecule has 0 N–H and O–H groups in total. The van der Waals surface area contributed by atoms with Crippen molar-refractivity contribution in [3.8, 4) is 0 Å². The summed E-state index contributed by atoms with van der Waals surface area (Å²) in [6.45, 7) is 6.70. The van der Waals surface area contributed by atoms with Gasteiger partial charge in [0.05, 0.1) is 0 Å². The molecule has 0 spiro atoms. The summed E-state index contributed by atoms with van der Waals surface area (Å²) >= 11 is 0. The topological polar surface area (TPSA) is 37.4 Å². The summed E-state index contributed by atoms with van der Waals surface area (Å²) in [6, 6.07) is 11.3. The smallest absolute Gasteiger partial charge is 0.261 e. The first-order valence-corrected chi connectivity index (χ1v) is 9.12. The van der Waals surface area contributed by atoms with Crippen LogP contribution in [0.2, 0.25) is 0 Å². The van der Waals surface area contributed by atoms with Gasteiger partial charge in [0.1, 0.15) is 0 Å². The molecule has 0 fully saturated rings. The molecule has 0 aromatic heterocycles. The van der Waals surface area contributed by atoms with Crippen molar-refractivity contribution in [1.82, 2.24) is 4.90 Å². The first-order valence-electron chi connectivity index (χ1n) is 9.12. The Morgan fingerprint density at radius 2 is 1.33 bits per heavy atom. The van der Waals surface area contributed by atoms with E-state index >= 15 is 0 Å². The van der Waals surface area contributed by atoms with Gasteiger partial charge in [-0.3, -0.25) is 14.5 Å². The van der Waals surface area contributed by atoms with Crippen LogP contribution in [0.25, 0.3) is 10.8 Å². The highest BCUT2D eigenvalue weighted by Crippen LogP contribution is 2.30. The average Bonchev–Trinajstić information content (AvgIpc) is 2.63. The molecule has 0 radical (unpaired) electrons. The molecule has 0 saturated carbocycles. The lowest BCUT2D eigenvalue weighted by Gasteiger charge is -2.27. The number of hydrogen-bond donors (Lipinski definition) is 0. The number of benzene rings is 2. The third-order valence-corrected chi connectivity index (χ3v) is 4.34. The summed E-state index contributed by atoms with van der Waals surface area (Å²) in [6.07, 6.45) is 5.52. The Morgan fingerprint density at radius 1 is 0.792 bits per heavy atom. The van der Waals surface area contributed by atoms with E-state index < -0.39 is 0 Å². The van der Waals surface area contributed by atoms with Crippen molar-refractivity contribution < 1.29 is 9.59 Å². The number of carbonyl (C=O) groups excluding carboxylic acids is 2. The summed E-state index contributed by atoms with van der Waals surface area (Å²) in [5, 5.41) is 1.77. The lowest BCUT2D eigenvalue weighted by molar-refractivity contribution is 0.0608. The molecule has 1 aliphatic heterocycles. The molecule has 0 bridgehead atoms. The van der Waals surface area contributed by atoms with Crippen LogP contribution in [0.5, 0.6) is 0 Å². The Balaban J connectivity index is 0.00000100. The normalized spacial score (nSPS) is 13.0. The number of hydrogen-bond acceptors (Lipinski definition) is 2. The van der Waals surface area contributed by atoms with Crippen LogP contribution in [0.3, 0.4) is 0 Å². The minimum atomic E-state index is -0.148. The maximum absolute atomic E-state index is 12.6. The van der Waals surface area contributed by atoms with Gasteiger partial charge in [-0.05, 0) is 23.9 Å². The Bertz CT molecular complexity index is 670. The van der Waals surface area contributed by atoms with Crippen molar-refractivity contribution in [3.05, 3.63) is 47.5 Å². The minimum Gasteiger partial charge on any atom is -0.274 e. The fourth-order valence-electron chi connectivity index (χ4n) is 3.16. The summed E-state index contributed by atoms with van der Waals surface area (Å²) in [5.74, 6) is -0.297. The quantitative estimate of drug-likeness (QED) is 0.524. The second-order valence-corrected chi connectivity index (χ2v) is 5.89. The summed E-state index contributed by atoms with van der Waals surface area (Å²) in [4.78, 5) is 26.7. The predicted molar refractivity (Wildman–Crippen MR) is 99.4 cm³/mol. The van der Waals surface area contributed by atoms with Gasteiger partial charge in [0.15, 0.2) is 0 Å². The van der Waals surface area contributed by atoms with Gasteiger partial charge in [0.2, 0.25) is 0 Å². The van der Waals surface area contributed by atoms with Crippen LogP contribution in [0.1, 0.15) is 73.6 Å². The van der Waals surface area contributed by atoms with Crippen molar-refractivity contribution >= 4 is 22.6 Å². The molecule has 3 rings (SSSR count). The zero-order valence-corrected chi connectivity index (χ0v) is 15.0. The maximum atomic E-state index is 12.6. The lowest BCUT2D eigenvalue weighted by Crippen LogP contribution is -2.40. The zero-order valence-electron chi connectivity index (χ0n) is 15.0. The molecular formula is C21H27NO2. The Morgan fingerprint density at radius 3 is 1.88 bits per heavy atom. The molecule has 0 aliphatic carbocycles. The second kappa shape index (κ2) is 8.62. The summed E-state index contributed by atoms with van der Waals surface area (Å²) < 4.78 is 0. The maximum Gasteiger partial charge on any atom is 0.261 e. The van der Waals surface area contributed by atoms with Crippen LogP contribution in [0.4, 0.5) is 0 Å². The lowest BCUT2D eigenvalue weighted by atomic mass is 9.94. The predicted octanol–water partition coefficient (Wildman–Crippen LogP) is 5.43. The standard InChI is InChI=1S/C19H21NO2.C2H6/c1-2-3-4-5-6-13-20-18(21)15-11-7-9-14-10-8-12-16(17(14)15)19(20)22;1-2/h7-12H,2-6,13H2,1H3;1-2H3. The Hall–Kier alpha value is -2.16. The van der Waals surface area contributed by atoms with Gasteiger partial charge in [-0.2, -0.15) is 0 Å². The molecule has 3 heteroatoms. The molecule has 1 heterocycles. The van der Waals surface area contributed by atoms with E-state index in [1.807, 2.05) is 50.2 Å².